The maximum absolute atomic E-state index is 11.0. The van der Waals surface area contributed by atoms with Crippen molar-refractivity contribution in [3.8, 4) is 0 Å². The minimum absolute atomic E-state index is 0.124. The molecular formula is C10H21NO3. The van der Waals surface area contributed by atoms with Crippen LogP contribution in [0.1, 0.15) is 27.2 Å². The highest BCUT2D eigenvalue weighted by Gasteiger charge is 2.20. The number of hydrogen-bond acceptors (Lipinski definition) is 4. The van der Waals surface area contributed by atoms with Gasteiger partial charge in [-0.3, -0.25) is 4.79 Å². The predicted molar refractivity (Wildman–Crippen MR) is 55.0 cm³/mol. The van der Waals surface area contributed by atoms with Gasteiger partial charge in [0.1, 0.15) is 0 Å². The molecule has 1 atom stereocenters. The van der Waals surface area contributed by atoms with Crippen molar-refractivity contribution in [2.24, 2.45) is 5.41 Å². The van der Waals surface area contributed by atoms with Crippen molar-refractivity contribution in [2.45, 2.75) is 27.2 Å². The van der Waals surface area contributed by atoms with Crippen molar-refractivity contribution < 1.29 is 14.6 Å². The summed E-state index contributed by atoms with van der Waals surface area (Å²) in [5.41, 5.74) is -0.146. The molecule has 0 bridgehead atoms. The van der Waals surface area contributed by atoms with Crippen LogP contribution in [0.4, 0.5) is 0 Å². The molecule has 1 unspecified atom stereocenters. The number of hydrogen-bond donors (Lipinski definition) is 2. The first-order valence-corrected chi connectivity index (χ1v) is 5.05. The number of rotatable bonds is 7. The Kier molecular flexibility index (Phi) is 6.49. The molecule has 0 aliphatic carbocycles. The van der Waals surface area contributed by atoms with Crippen LogP contribution in [-0.2, 0) is 9.53 Å². The van der Waals surface area contributed by atoms with Gasteiger partial charge in [-0.1, -0.05) is 13.8 Å². The van der Waals surface area contributed by atoms with Gasteiger partial charge in [-0.05, 0) is 13.3 Å². The molecule has 0 rings (SSSR count). The topological polar surface area (TPSA) is 58.6 Å². The van der Waals surface area contributed by atoms with Crippen LogP contribution < -0.4 is 5.32 Å². The minimum atomic E-state index is -0.246. The highest BCUT2D eigenvalue weighted by molar-refractivity contribution is 5.71. The van der Waals surface area contributed by atoms with Crippen LogP contribution in [0.5, 0.6) is 0 Å². The molecular weight excluding hydrogens is 182 g/mol. The molecule has 0 aromatic rings. The van der Waals surface area contributed by atoms with Gasteiger partial charge in [-0.2, -0.15) is 0 Å². The summed E-state index contributed by atoms with van der Waals surface area (Å²) >= 11 is 0. The van der Waals surface area contributed by atoms with Gasteiger partial charge in [0.15, 0.2) is 0 Å². The Labute approximate surface area is 85.6 Å². The molecule has 4 nitrogen and oxygen atoms in total. The van der Waals surface area contributed by atoms with E-state index < -0.39 is 0 Å². The number of aliphatic hydroxyl groups excluding tert-OH is 1. The van der Waals surface area contributed by atoms with Crippen LogP contribution in [0.2, 0.25) is 0 Å². The number of aliphatic hydroxyl groups is 1. The SMILES string of the molecule is CCOC(=O)CNCC(C)(CC)CO. The Morgan fingerprint density at radius 1 is 1.50 bits per heavy atom. The first-order valence-electron chi connectivity index (χ1n) is 5.05. The maximum atomic E-state index is 11.0. The molecule has 14 heavy (non-hydrogen) atoms. The van der Waals surface area contributed by atoms with E-state index in [9.17, 15) is 4.79 Å². The Morgan fingerprint density at radius 2 is 2.14 bits per heavy atom. The number of nitrogens with one attached hydrogen (secondary N) is 1. The lowest BCUT2D eigenvalue weighted by Crippen LogP contribution is -2.37. The van der Waals surface area contributed by atoms with Gasteiger partial charge in [-0.15, -0.1) is 0 Å². The molecule has 0 aliphatic heterocycles. The summed E-state index contributed by atoms with van der Waals surface area (Å²) in [6.45, 7) is 7.14. The van der Waals surface area contributed by atoms with E-state index in [1.165, 1.54) is 0 Å². The van der Waals surface area contributed by atoms with Crippen LogP contribution in [-0.4, -0.2) is 37.4 Å². The summed E-state index contributed by atoms with van der Waals surface area (Å²) < 4.78 is 4.76. The van der Waals surface area contributed by atoms with Crippen LogP contribution >= 0.6 is 0 Å². The van der Waals surface area contributed by atoms with Crippen molar-refractivity contribution in [1.29, 1.82) is 0 Å². The number of carbonyl (C=O) groups excluding carboxylic acids is 1. The normalized spacial score (nSPS) is 14.9. The molecule has 0 aromatic carbocycles. The number of carbonyl (C=O) groups is 1. The average molecular weight is 203 g/mol. The Morgan fingerprint density at radius 3 is 2.57 bits per heavy atom. The highest BCUT2D eigenvalue weighted by atomic mass is 16.5. The maximum Gasteiger partial charge on any atom is 0.319 e. The monoisotopic (exact) mass is 203 g/mol. The van der Waals surface area contributed by atoms with Gasteiger partial charge in [-0.25, -0.2) is 0 Å². The molecule has 0 aliphatic rings. The first kappa shape index (κ1) is 13.4. The third-order valence-corrected chi connectivity index (χ3v) is 2.36. The number of ether oxygens (including phenoxy) is 1. The van der Waals surface area contributed by atoms with E-state index in [2.05, 4.69) is 5.32 Å². The molecule has 0 saturated carbocycles. The molecule has 0 radical (unpaired) electrons. The lowest BCUT2D eigenvalue weighted by atomic mass is 9.89. The third kappa shape index (κ3) is 5.19. The quantitative estimate of drug-likeness (QED) is 0.593. The number of esters is 1. The zero-order valence-electron chi connectivity index (χ0n) is 9.30. The standard InChI is InChI=1S/C10H21NO3/c1-4-10(3,8-12)7-11-6-9(13)14-5-2/h11-12H,4-8H2,1-3H3. The van der Waals surface area contributed by atoms with Gasteiger partial charge in [0.05, 0.1) is 13.2 Å². The van der Waals surface area contributed by atoms with Gasteiger partial charge in [0.25, 0.3) is 0 Å². The highest BCUT2D eigenvalue weighted by Crippen LogP contribution is 2.17. The predicted octanol–water partition coefficient (Wildman–Crippen LogP) is 0.548. The molecule has 84 valence electrons. The van der Waals surface area contributed by atoms with Gasteiger partial charge < -0.3 is 15.2 Å². The molecule has 2 N–H and O–H groups in total. The Hall–Kier alpha value is -0.610. The first-order chi connectivity index (χ1) is 6.58. The summed E-state index contributed by atoms with van der Waals surface area (Å²) in [6, 6.07) is 0. The molecule has 0 fully saturated rings. The lowest BCUT2D eigenvalue weighted by Gasteiger charge is -2.25. The van der Waals surface area contributed by atoms with Gasteiger partial charge >= 0.3 is 5.97 Å². The van der Waals surface area contributed by atoms with E-state index in [-0.39, 0.29) is 24.5 Å². The lowest BCUT2D eigenvalue weighted by molar-refractivity contribution is -0.142. The van der Waals surface area contributed by atoms with Gasteiger partial charge in [0, 0.05) is 18.6 Å². The fourth-order valence-electron chi connectivity index (χ4n) is 0.971. The van der Waals surface area contributed by atoms with Crippen molar-refractivity contribution in [3.05, 3.63) is 0 Å². The zero-order valence-corrected chi connectivity index (χ0v) is 9.30. The van der Waals surface area contributed by atoms with Crippen molar-refractivity contribution >= 4 is 5.97 Å². The Bertz CT molecular complexity index is 167. The van der Waals surface area contributed by atoms with Crippen molar-refractivity contribution in [2.75, 3.05) is 26.3 Å². The molecule has 0 spiro atoms. The second-order valence-electron chi connectivity index (χ2n) is 3.73. The molecule has 0 amide bonds. The van der Waals surface area contributed by atoms with E-state index in [1.54, 1.807) is 6.92 Å². The smallest absolute Gasteiger partial charge is 0.319 e. The third-order valence-electron chi connectivity index (χ3n) is 2.36. The summed E-state index contributed by atoms with van der Waals surface area (Å²) in [6.07, 6.45) is 0.874. The minimum Gasteiger partial charge on any atom is -0.465 e. The van der Waals surface area contributed by atoms with Gasteiger partial charge in [0.2, 0.25) is 0 Å². The van der Waals surface area contributed by atoms with Crippen LogP contribution in [0, 0.1) is 5.41 Å². The van der Waals surface area contributed by atoms with Crippen LogP contribution in [0.25, 0.3) is 0 Å². The van der Waals surface area contributed by atoms with E-state index >= 15 is 0 Å². The van der Waals surface area contributed by atoms with E-state index in [4.69, 9.17) is 9.84 Å². The largest absolute Gasteiger partial charge is 0.465 e. The summed E-state index contributed by atoms with van der Waals surface area (Å²) in [5, 5.41) is 12.1. The average Bonchev–Trinajstić information content (AvgIpc) is 2.18. The summed E-state index contributed by atoms with van der Waals surface area (Å²) in [5.74, 6) is -0.246. The second kappa shape index (κ2) is 6.79. The van der Waals surface area contributed by atoms with Crippen molar-refractivity contribution in [3.63, 3.8) is 0 Å². The van der Waals surface area contributed by atoms with E-state index in [0.29, 0.717) is 13.2 Å². The van der Waals surface area contributed by atoms with Crippen LogP contribution in [0.3, 0.4) is 0 Å². The fraction of sp³-hybridized carbons (Fsp3) is 0.900. The summed E-state index contributed by atoms with van der Waals surface area (Å²) in [7, 11) is 0. The van der Waals surface area contributed by atoms with Crippen molar-refractivity contribution in [1.82, 2.24) is 5.32 Å². The Balaban J connectivity index is 3.66. The van der Waals surface area contributed by atoms with E-state index in [0.717, 1.165) is 6.42 Å². The fourth-order valence-corrected chi connectivity index (χ4v) is 0.971. The van der Waals surface area contributed by atoms with Crippen LogP contribution in [0.15, 0.2) is 0 Å². The molecule has 0 heterocycles. The molecule has 0 saturated heterocycles. The second-order valence-corrected chi connectivity index (χ2v) is 3.73. The van der Waals surface area contributed by atoms with E-state index in [1.807, 2.05) is 13.8 Å². The molecule has 4 heteroatoms. The molecule has 0 aromatic heterocycles. The summed E-state index contributed by atoms with van der Waals surface area (Å²) in [4.78, 5) is 11.0. The zero-order chi connectivity index (χ0) is 11.0.